The number of hydrogen-bond donors (Lipinski definition) is 1. The minimum absolute atomic E-state index is 0.200. The summed E-state index contributed by atoms with van der Waals surface area (Å²) in [5.74, 6) is 0.616. The van der Waals surface area contributed by atoms with Crippen LogP contribution >= 0.6 is 0 Å². The second kappa shape index (κ2) is 6.90. The van der Waals surface area contributed by atoms with Gasteiger partial charge in [0.15, 0.2) is 0 Å². The first kappa shape index (κ1) is 14.3. The summed E-state index contributed by atoms with van der Waals surface area (Å²) in [6, 6.07) is 5.17. The molecule has 1 aromatic carbocycles. The third-order valence-electron chi connectivity index (χ3n) is 3.83. The average molecular weight is 265 g/mol. The Morgan fingerprint density at radius 3 is 2.79 bits per heavy atom. The Balaban J connectivity index is 2.09. The molecule has 0 heterocycles. The topological polar surface area (TPSA) is 21.3 Å². The van der Waals surface area contributed by atoms with Crippen LogP contribution in [0, 0.1) is 12.7 Å². The van der Waals surface area contributed by atoms with Gasteiger partial charge < -0.3 is 10.1 Å². The van der Waals surface area contributed by atoms with Gasteiger partial charge in [-0.25, -0.2) is 4.39 Å². The van der Waals surface area contributed by atoms with Gasteiger partial charge in [0.05, 0.1) is 0 Å². The summed E-state index contributed by atoms with van der Waals surface area (Å²) in [4.78, 5) is 0. The average Bonchev–Trinajstić information content (AvgIpc) is 2.59. The van der Waals surface area contributed by atoms with Crippen molar-refractivity contribution in [2.75, 3.05) is 6.54 Å². The lowest BCUT2D eigenvalue weighted by atomic mass is 10.1. The molecule has 0 radical (unpaired) electrons. The summed E-state index contributed by atoms with van der Waals surface area (Å²) in [5, 5.41) is 3.53. The van der Waals surface area contributed by atoms with E-state index in [-0.39, 0.29) is 11.9 Å². The number of rotatable bonds is 4. The molecule has 0 bridgehead atoms. The van der Waals surface area contributed by atoms with Crippen LogP contribution in [-0.4, -0.2) is 18.7 Å². The molecule has 1 saturated carbocycles. The molecule has 1 aliphatic rings. The fourth-order valence-corrected chi connectivity index (χ4v) is 2.82. The smallest absolute Gasteiger partial charge is 0.123 e. The summed E-state index contributed by atoms with van der Waals surface area (Å²) in [6.07, 6.45) is 6.20. The van der Waals surface area contributed by atoms with E-state index < -0.39 is 0 Å². The molecule has 19 heavy (non-hydrogen) atoms. The number of likely N-dealkylation sites (N-methyl/N-ethyl adjacent to an activating group) is 1. The molecule has 1 fully saturated rings. The second-order valence-corrected chi connectivity index (χ2v) is 5.37. The Kier molecular flexibility index (Phi) is 5.20. The molecule has 2 atom stereocenters. The lowest BCUT2D eigenvalue weighted by molar-refractivity contribution is 0.144. The Bertz CT molecular complexity index is 408. The van der Waals surface area contributed by atoms with Crippen LogP contribution in [0.1, 0.15) is 44.6 Å². The second-order valence-electron chi connectivity index (χ2n) is 5.37. The largest absolute Gasteiger partial charge is 0.489 e. The first-order valence-electron chi connectivity index (χ1n) is 7.37. The maximum atomic E-state index is 13.1. The van der Waals surface area contributed by atoms with Gasteiger partial charge in [-0.05, 0) is 56.5 Å². The molecule has 106 valence electrons. The van der Waals surface area contributed by atoms with Gasteiger partial charge in [-0.3, -0.25) is 0 Å². The lowest BCUT2D eigenvalue weighted by Gasteiger charge is -2.27. The summed E-state index contributed by atoms with van der Waals surface area (Å²) >= 11 is 0. The number of halogens is 1. The monoisotopic (exact) mass is 265 g/mol. The van der Waals surface area contributed by atoms with Gasteiger partial charge in [0.2, 0.25) is 0 Å². The van der Waals surface area contributed by atoms with Gasteiger partial charge in [-0.1, -0.05) is 19.8 Å². The molecule has 2 nitrogen and oxygen atoms in total. The van der Waals surface area contributed by atoms with E-state index in [1.165, 1.54) is 37.8 Å². The molecular weight excluding hydrogens is 241 g/mol. The zero-order valence-electron chi connectivity index (χ0n) is 11.9. The minimum Gasteiger partial charge on any atom is -0.489 e. The van der Waals surface area contributed by atoms with Crippen molar-refractivity contribution >= 4 is 0 Å². The predicted octanol–water partition coefficient (Wildman–Crippen LogP) is 3.82. The van der Waals surface area contributed by atoms with Crippen LogP contribution in [0.25, 0.3) is 0 Å². The van der Waals surface area contributed by atoms with Crippen LogP contribution < -0.4 is 10.1 Å². The molecule has 0 aliphatic heterocycles. The third-order valence-corrected chi connectivity index (χ3v) is 3.83. The number of nitrogens with one attached hydrogen (secondary N) is 1. The molecule has 3 heteroatoms. The zero-order chi connectivity index (χ0) is 13.7. The molecule has 1 aromatic rings. The van der Waals surface area contributed by atoms with Gasteiger partial charge in [0.25, 0.3) is 0 Å². The summed E-state index contributed by atoms with van der Waals surface area (Å²) in [5.41, 5.74) is 0.875. The van der Waals surface area contributed by atoms with Crippen molar-refractivity contribution in [1.29, 1.82) is 0 Å². The highest BCUT2D eigenvalue weighted by Gasteiger charge is 2.24. The maximum Gasteiger partial charge on any atom is 0.123 e. The molecule has 2 unspecified atom stereocenters. The van der Waals surface area contributed by atoms with Gasteiger partial charge >= 0.3 is 0 Å². The van der Waals surface area contributed by atoms with Crippen LogP contribution in [0.5, 0.6) is 5.75 Å². The molecule has 0 aromatic heterocycles. The van der Waals surface area contributed by atoms with E-state index in [0.29, 0.717) is 6.04 Å². The molecule has 0 amide bonds. The molecule has 1 N–H and O–H groups in total. The summed E-state index contributed by atoms with van der Waals surface area (Å²) < 4.78 is 19.3. The highest BCUT2D eigenvalue weighted by molar-refractivity contribution is 5.32. The van der Waals surface area contributed by atoms with E-state index in [4.69, 9.17) is 4.74 Å². The normalized spacial score (nSPS) is 23.9. The van der Waals surface area contributed by atoms with Crippen LogP contribution in [0.15, 0.2) is 18.2 Å². The van der Waals surface area contributed by atoms with Crippen molar-refractivity contribution < 1.29 is 9.13 Å². The van der Waals surface area contributed by atoms with Crippen molar-refractivity contribution in [1.82, 2.24) is 5.32 Å². The Morgan fingerprint density at radius 1 is 1.26 bits per heavy atom. The first-order chi connectivity index (χ1) is 9.20. The van der Waals surface area contributed by atoms with Crippen molar-refractivity contribution in [2.45, 2.75) is 58.1 Å². The summed E-state index contributed by atoms with van der Waals surface area (Å²) in [6.45, 7) is 5.00. The van der Waals surface area contributed by atoms with Gasteiger partial charge in [-0.15, -0.1) is 0 Å². The van der Waals surface area contributed by atoms with Crippen LogP contribution in [0.3, 0.4) is 0 Å². The lowest BCUT2D eigenvalue weighted by Crippen LogP contribution is -2.42. The Labute approximate surface area is 115 Å². The van der Waals surface area contributed by atoms with E-state index in [9.17, 15) is 4.39 Å². The van der Waals surface area contributed by atoms with Gasteiger partial charge in [-0.2, -0.15) is 0 Å². The van der Waals surface area contributed by atoms with Crippen molar-refractivity contribution in [3.05, 3.63) is 29.6 Å². The van der Waals surface area contributed by atoms with E-state index in [1.54, 1.807) is 6.07 Å². The third kappa shape index (κ3) is 3.93. The SMILES string of the molecule is CCNC1CCCCCC1Oc1ccc(F)cc1C. The number of benzene rings is 1. The van der Waals surface area contributed by atoms with Gasteiger partial charge in [0, 0.05) is 6.04 Å². The first-order valence-corrected chi connectivity index (χ1v) is 7.37. The molecule has 0 spiro atoms. The predicted molar refractivity (Wildman–Crippen MR) is 76.1 cm³/mol. The fraction of sp³-hybridized carbons (Fsp3) is 0.625. The van der Waals surface area contributed by atoms with Crippen LogP contribution in [-0.2, 0) is 0 Å². The Morgan fingerprint density at radius 2 is 2.05 bits per heavy atom. The quantitative estimate of drug-likeness (QED) is 0.836. The van der Waals surface area contributed by atoms with E-state index in [0.717, 1.165) is 24.3 Å². The van der Waals surface area contributed by atoms with E-state index in [2.05, 4.69) is 12.2 Å². The highest BCUT2D eigenvalue weighted by atomic mass is 19.1. The summed E-state index contributed by atoms with van der Waals surface area (Å²) in [7, 11) is 0. The molecule has 0 saturated heterocycles. The Hall–Kier alpha value is -1.09. The molecule has 2 rings (SSSR count). The van der Waals surface area contributed by atoms with Crippen molar-refractivity contribution in [3.63, 3.8) is 0 Å². The number of aryl methyl sites for hydroxylation is 1. The van der Waals surface area contributed by atoms with Crippen molar-refractivity contribution in [3.8, 4) is 5.75 Å². The highest BCUT2D eigenvalue weighted by Crippen LogP contribution is 2.26. The van der Waals surface area contributed by atoms with Crippen molar-refractivity contribution in [2.24, 2.45) is 0 Å². The van der Waals surface area contributed by atoms with E-state index >= 15 is 0 Å². The van der Waals surface area contributed by atoms with Gasteiger partial charge in [0.1, 0.15) is 17.7 Å². The molecule has 1 aliphatic carbocycles. The molecular formula is C16H24FNO. The maximum absolute atomic E-state index is 13.1. The fourth-order valence-electron chi connectivity index (χ4n) is 2.82. The zero-order valence-corrected chi connectivity index (χ0v) is 11.9. The number of ether oxygens (including phenoxy) is 1. The minimum atomic E-state index is -0.200. The van der Waals surface area contributed by atoms with E-state index in [1.807, 2.05) is 6.92 Å². The number of hydrogen-bond acceptors (Lipinski definition) is 2. The standard InChI is InChI=1S/C16H24FNO/c1-3-18-14-7-5-4-6-8-16(14)19-15-10-9-13(17)11-12(15)2/h9-11,14,16,18H,3-8H2,1-2H3. The van der Waals surface area contributed by atoms with Crippen LogP contribution in [0.2, 0.25) is 0 Å². The van der Waals surface area contributed by atoms with Crippen LogP contribution in [0.4, 0.5) is 4.39 Å².